The van der Waals surface area contributed by atoms with Crippen molar-refractivity contribution in [1.29, 1.82) is 0 Å². The first-order chi connectivity index (χ1) is 10.1. The lowest BCUT2D eigenvalue weighted by atomic mass is 10.2. The van der Waals surface area contributed by atoms with Crippen molar-refractivity contribution in [2.75, 3.05) is 39.4 Å². The van der Waals surface area contributed by atoms with Crippen molar-refractivity contribution in [3.8, 4) is 0 Å². The molecule has 0 spiro atoms. The fourth-order valence-electron chi connectivity index (χ4n) is 2.32. The molecule has 2 rings (SSSR count). The molecule has 1 aliphatic rings. The predicted molar refractivity (Wildman–Crippen MR) is 82.9 cm³/mol. The van der Waals surface area contributed by atoms with Crippen molar-refractivity contribution in [1.82, 2.24) is 9.62 Å². The number of hydrogen-bond donors (Lipinski definition) is 1. The second-order valence-corrected chi connectivity index (χ2v) is 6.97. The molecule has 0 radical (unpaired) electrons. The van der Waals surface area contributed by atoms with Gasteiger partial charge in [-0.2, -0.15) is 0 Å². The molecule has 6 heteroatoms. The number of sulfonamides is 1. The fraction of sp³-hybridized carbons (Fsp3) is 0.600. The van der Waals surface area contributed by atoms with E-state index in [0.717, 1.165) is 51.3 Å². The maximum Gasteiger partial charge on any atom is 0.240 e. The average Bonchev–Trinajstić information content (AvgIpc) is 2.53. The lowest BCUT2D eigenvalue weighted by Gasteiger charge is -2.26. The van der Waals surface area contributed by atoms with Crippen LogP contribution in [0.1, 0.15) is 18.9 Å². The fourth-order valence-corrected chi connectivity index (χ4v) is 3.40. The summed E-state index contributed by atoms with van der Waals surface area (Å²) >= 11 is 0. The molecule has 0 amide bonds. The molecule has 1 saturated heterocycles. The average molecular weight is 312 g/mol. The Hall–Kier alpha value is -0.950. The number of benzene rings is 1. The van der Waals surface area contributed by atoms with Crippen LogP contribution >= 0.6 is 0 Å². The highest BCUT2D eigenvalue weighted by Crippen LogP contribution is 2.10. The largest absolute Gasteiger partial charge is 0.379 e. The molecule has 1 heterocycles. The molecule has 21 heavy (non-hydrogen) atoms. The van der Waals surface area contributed by atoms with E-state index in [1.165, 1.54) is 0 Å². The molecule has 1 aliphatic heterocycles. The highest BCUT2D eigenvalue weighted by molar-refractivity contribution is 7.89. The molecule has 1 aromatic carbocycles. The van der Waals surface area contributed by atoms with Crippen molar-refractivity contribution < 1.29 is 13.2 Å². The first-order valence-corrected chi connectivity index (χ1v) is 8.99. The second-order valence-electron chi connectivity index (χ2n) is 5.20. The standard InChI is InChI=1S/C15H24N2O3S/c1-2-14-4-6-15(7-5-14)21(18,19)16-8-3-9-17-10-12-20-13-11-17/h4-7,16H,2-3,8-13H2,1H3. The van der Waals surface area contributed by atoms with Gasteiger partial charge in [-0.15, -0.1) is 0 Å². The molecule has 5 nitrogen and oxygen atoms in total. The highest BCUT2D eigenvalue weighted by atomic mass is 32.2. The molecule has 1 fully saturated rings. The molecule has 0 atom stereocenters. The van der Waals surface area contributed by atoms with Crippen LogP contribution in [0.5, 0.6) is 0 Å². The van der Waals surface area contributed by atoms with E-state index in [1.807, 2.05) is 19.1 Å². The van der Waals surface area contributed by atoms with E-state index in [2.05, 4.69) is 9.62 Å². The number of aryl methyl sites for hydroxylation is 1. The van der Waals surface area contributed by atoms with Gasteiger partial charge in [0.25, 0.3) is 0 Å². The van der Waals surface area contributed by atoms with Gasteiger partial charge in [0.15, 0.2) is 0 Å². The van der Waals surface area contributed by atoms with E-state index < -0.39 is 10.0 Å². The molecule has 0 aliphatic carbocycles. The highest BCUT2D eigenvalue weighted by Gasteiger charge is 2.14. The van der Waals surface area contributed by atoms with E-state index in [9.17, 15) is 8.42 Å². The minimum atomic E-state index is -3.38. The molecule has 0 aromatic heterocycles. The smallest absolute Gasteiger partial charge is 0.240 e. The third-order valence-corrected chi connectivity index (χ3v) is 5.17. The molecule has 0 saturated carbocycles. The van der Waals surface area contributed by atoms with Crippen molar-refractivity contribution in [2.24, 2.45) is 0 Å². The third kappa shape index (κ3) is 5.07. The molecular formula is C15H24N2O3S. The topological polar surface area (TPSA) is 58.6 Å². The third-order valence-electron chi connectivity index (χ3n) is 3.69. The van der Waals surface area contributed by atoms with Gasteiger partial charge in [0.1, 0.15) is 0 Å². The maximum atomic E-state index is 12.1. The Bertz CT molecular complexity index is 522. The van der Waals surface area contributed by atoms with E-state index in [4.69, 9.17) is 4.74 Å². The zero-order valence-corrected chi connectivity index (χ0v) is 13.4. The van der Waals surface area contributed by atoms with Crippen LogP contribution in [0.2, 0.25) is 0 Å². The summed E-state index contributed by atoms with van der Waals surface area (Å²) in [5.74, 6) is 0. The van der Waals surface area contributed by atoms with Crippen molar-refractivity contribution in [3.05, 3.63) is 29.8 Å². The predicted octanol–water partition coefficient (Wildman–Crippen LogP) is 1.25. The van der Waals surface area contributed by atoms with Crippen LogP contribution in [-0.2, 0) is 21.2 Å². The van der Waals surface area contributed by atoms with Gasteiger partial charge in [0, 0.05) is 19.6 Å². The lowest BCUT2D eigenvalue weighted by molar-refractivity contribution is 0.0376. The first kappa shape index (κ1) is 16.4. The Morgan fingerprint density at radius 2 is 1.86 bits per heavy atom. The van der Waals surface area contributed by atoms with E-state index >= 15 is 0 Å². The van der Waals surface area contributed by atoms with Gasteiger partial charge in [0.2, 0.25) is 10.0 Å². The van der Waals surface area contributed by atoms with E-state index in [1.54, 1.807) is 12.1 Å². The molecular weight excluding hydrogens is 288 g/mol. The molecule has 0 bridgehead atoms. The number of rotatable bonds is 7. The zero-order chi connectivity index (χ0) is 15.1. The van der Waals surface area contributed by atoms with Gasteiger partial charge in [0.05, 0.1) is 18.1 Å². The molecule has 0 unspecified atom stereocenters. The summed E-state index contributed by atoms with van der Waals surface area (Å²) in [6.45, 7) is 6.84. The second kappa shape index (κ2) is 7.89. The van der Waals surface area contributed by atoms with Crippen LogP contribution in [0.4, 0.5) is 0 Å². The summed E-state index contributed by atoms with van der Waals surface area (Å²) in [5.41, 5.74) is 1.14. The van der Waals surface area contributed by atoms with Crippen LogP contribution in [0.25, 0.3) is 0 Å². The van der Waals surface area contributed by atoms with Gasteiger partial charge in [-0.25, -0.2) is 13.1 Å². The Labute approximate surface area is 127 Å². The van der Waals surface area contributed by atoms with Gasteiger partial charge < -0.3 is 4.74 Å². The van der Waals surface area contributed by atoms with Gasteiger partial charge in [-0.3, -0.25) is 4.90 Å². The Balaban J connectivity index is 1.77. The number of ether oxygens (including phenoxy) is 1. The molecule has 1 aromatic rings. The van der Waals surface area contributed by atoms with Gasteiger partial charge >= 0.3 is 0 Å². The maximum absolute atomic E-state index is 12.1. The first-order valence-electron chi connectivity index (χ1n) is 7.50. The Morgan fingerprint density at radius 1 is 1.19 bits per heavy atom. The van der Waals surface area contributed by atoms with Crippen molar-refractivity contribution in [3.63, 3.8) is 0 Å². The van der Waals surface area contributed by atoms with Crippen LogP contribution in [0, 0.1) is 0 Å². The minimum Gasteiger partial charge on any atom is -0.379 e. The summed E-state index contributed by atoms with van der Waals surface area (Å²) in [6, 6.07) is 7.07. The van der Waals surface area contributed by atoms with E-state index in [-0.39, 0.29) is 0 Å². The quantitative estimate of drug-likeness (QED) is 0.770. The summed E-state index contributed by atoms with van der Waals surface area (Å²) < 4.78 is 32.2. The summed E-state index contributed by atoms with van der Waals surface area (Å²) in [7, 11) is -3.38. The van der Waals surface area contributed by atoms with Crippen LogP contribution < -0.4 is 4.72 Å². The van der Waals surface area contributed by atoms with Crippen LogP contribution in [0.15, 0.2) is 29.2 Å². The summed E-state index contributed by atoms with van der Waals surface area (Å²) in [6.07, 6.45) is 1.72. The van der Waals surface area contributed by atoms with Gasteiger partial charge in [-0.1, -0.05) is 19.1 Å². The van der Waals surface area contributed by atoms with Gasteiger partial charge in [-0.05, 0) is 37.1 Å². The zero-order valence-electron chi connectivity index (χ0n) is 12.5. The summed E-state index contributed by atoms with van der Waals surface area (Å²) in [4.78, 5) is 2.64. The van der Waals surface area contributed by atoms with Crippen LogP contribution in [0.3, 0.4) is 0 Å². The van der Waals surface area contributed by atoms with Crippen LogP contribution in [-0.4, -0.2) is 52.7 Å². The molecule has 1 N–H and O–H groups in total. The van der Waals surface area contributed by atoms with Crippen molar-refractivity contribution >= 4 is 10.0 Å². The number of hydrogen-bond acceptors (Lipinski definition) is 4. The summed E-state index contributed by atoms with van der Waals surface area (Å²) in [5, 5.41) is 0. The number of nitrogens with zero attached hydrogens (tertiary/aromatic N) is 1. The van der Waals surface area contributed by atoms with E-state index in [0.29, 0.717) is 11.4 Å². The van der Waals surface area contributed by atoms with Crippen molar-refractivity contribution in [2.45, 2.75) is 24.7 Å². The Kier molecular flexibility index (Phi) is 6.17. The SMILES string of the molecule is CCc1ccc(S(=O)(=O)NCCCN2CCOCC2)cc1. The Morgan fingerprint density at radius 3 is 2.48 bits per heavy atom. The number of morpholine rings is 1. The lowest BCUT2D eigenvalue weighted by Crippen LogP contribution is -2.38. The minimum absolute atomic E-state index is 0.339. The monoisotopic (exact) mass is 312 g/mol. The molecule has 118 valence electrons. The number of nitrogens with one attached hydrogen (secondary N) is 1. The normalized spacial score (nSPS) is 17.0.